The molecule has 4 rings (SSSR count). The number of thiophene rings is 1. The molecule has 0 bridgehead atoms. The topological polar surface area (TPSA) is 55.8 Å². The van der Waals surface area contributed by atoms with Gasteiger partial charge in [-0.05, 0) is 77.2 Å². The van der Waals surface area contributed by atoms with Gasteiger partial charge in [-0.2, -0.15) is 15.6 Å². The number of hydrogen-bond acceptors (Lipinski definition) is 5. The summed E-state index contributed by atoms with van der Waals surface area (Å²) in [7, 11) is -3.82. The first-order valence-corrected chi connectivity index (χ1v) is 13.0. The number of rotatable bonds is 10. The fourth-order valence-corrected chi connectivity index (χ4v) is 5.84. The van der Waals surface area contributed by atoms with Crippen LogP contribution in [0.5, 0.6) is 5.75 Å². The summed E-state index contributed by atoms with van der Waals surface area (Å²) in [5.41, 5.74) is 2.06. The van der Waals surface area contributed by atoms with Gasteiger partial charge in [0, 0.05) is 26.1 Å². The predicted octanol–water partition coefficient (Wildman–Crippen LogP) is 4.88. The van der Waals surface area contributed by atoms with Gasteiger partial charge in [-0.25, -0.2) is 12.8 Å². The molecule has 3 aromatic rings. The Labute approximate surface area is 192 Å². The third kappa shape index (κ3) is 5.95. The Bertz CT molecular complexity index is 1100. The first-order valence-electron chi connectivity index (χ1n) is 10.6. The molecular formula is C24H26FNO4S2. The van der Waals surface area contributed by atoms with Gasteiger partial charge in [-0.3, -0.25) is 0 Å². The van der Waals surface area contributed by atoms with Crippen molar-refractivity contribution >= 4 is 21.4 Å². The van der Waals surface area contributed by atoms with Crippen LogP contribution in [0, 0.1) is 5.82 Å². The van der Waals surface area contributed by atoms with Crippen LogP contribution in [0.25, 0.3) is 0 Å². The number of hydrogen-bond donors (Lipinski definition) is 0. The van der Waals surface area contributed by atoms with Crippen molar-refractivity contribution in [2.45, 2.75) is 36.8 Å². The molecule has 0 aliphatic carbocycles. The summed E-state index contributed by atoms with van der Waals surface area (Å²) >= 11 is 1.66. The average molecular weight is 476 g/mol. The minimum absolute atomic E-state index is 0.0695. The molecule has 0 N–H and O–H groups in total. The van der Waals surface area contributed by atoms with Crippen LogP contribution in [-0.2, 0) is 27.7 Å². The van der Waals surface area contributed by atoms with Crippen LogP contribution >= 0.6 is 11.3 Å². The number of ether oxygens (including phenoxy) is 2. The van der Waals surface area contributed by atoms with E-state index in [-0.39, 0.29) is 24.1 Å². The van der Waals surface area contributed by atoms with Crippen LogP contribution in [0.15, 0.2) is 70.3 Å². The fourth-order valence-electron chi connectivity index (χ4n) is 3.68. The second-order valence-corrected chi connectivity index (χ2v) is 10.5. The van der Waals surface area contributed by atoms with E-state index in [1.807, 2.05) is 29.6 Å². The summed E-state index contributed by atoms with van der Waals surface area (Å²) in [6.45, 7) is 1.63. The molecule has 8 heteroatoms. The molecule has 170 valence electrons. The first-order chi connectivity index (χ1) is 15.5. The predicted molar refractivity (Wildman–Crippen MR) is 123 cm³/mol. The largest absolute Gasteiger partial charge is 0.493 e. The fraction of sp³-hybridized carbons (Fsp3) is 0.333. The molecule has 0 saturated carbocycles. The van der Waals surface area contributed by atoms with Crippen LogP contribution < -0.4 is 4.74 Å². The van der Waals surface area contributed by atoms with Gasteiger partial charge in [0.05, 0.1) is 17.6 Å². The quantitative estimate of drug-likeness (QED) is 0.419. The Balaban J connectivity index is 1.49. The normalized spacial score (nSPS) is 16.5. The smallest absolute Gasteiger partial charge is 0.243 e. The average Bonchev–Trinajstić information content (AvgIpc) is 3.48. The summed E-state index contributed by atoms with van der Waals surface area (Å²) in [6, 6.07) is 14.5. The van der Waals surface area contributed by atoms with E-state index >= 15 is 0 Å². The van der Waals surface area contributed by atoms with Crippen molar-refractivity contribution < 1.29 is 22.3 Å². The molecular weight excluding hydrogens is 449 g/mol. The van der Waals surface area contributed by atoms with E-state index in [2.05, 4.69) is 11.4 Å². The Hall–Kier alpha value is -2.26. The van der Waals surface area contributed by atoms with Gasteiger partial charge in [0.25, 0.3) is 0 Å². The maximum Gasteiger partial charge on any atom is 0.243 e. The molecule has 5 nitrogen and oxygen atoms in total. The zero-order valence-corrected chi connectivity index (χ0v) is 19.3. The molecule has 1 saturated heterocycles. The van der Waals surface area contributed by atoms with Gasteiger partial charge >= 0.3 is 0 Å². The van der Waals surface area contributed by atoms with Gasteiger partial charge in [-0.1, -0.05) is 12.1 Å². The van der Waals surface area contributed by atoms with Gasteiger partial charge in [-0.15, -0.1) is 0 Å². The van der Waals surface area contributed by atoms with Crippen LogP contribution in [-0.4, -0.2) is 38.6 Å². The summed E-state index contributed by atoms with van der Waals surface area (Å²) in [5, 5.41) is 4.14. The van der Waals surface area contributed by atoms with Crippen molar-refractivity contribution in [3.63, 3.8) is 0 Å². The third-order valence-corrected chi connectivity index (χ3v) is 7.94. The van der Waals surface area contributed by atoms with E-state index in [4.69, 9.17) is 9.47 Å². The van der Waals surface area contributed by atoms with Crippen LogP contribution in [0.3, 0.4) is 0 Å². The van der Waals surface area contributed by atoms with Crippen LogP contribution in [0.2, 0.25) is 0 Å². The van der Waals surface area contributed by atoms with E-state index in [0.29, 0.717) is 19.0 Å². The van der Waals surface area contributed by atoms with Gasteiger partial charge < -0.3 is 9.47 Å². The molecule has 0 amide bonds. The van der Waals surface area contributed by atoms with Crippen molar-refractivity contribution in [2.24, 2.45) is 0 Å². The highest BCUT2D eigenvalue weighted by Gasteiger charge is 2.29. The van der Waals surface area contributed by atoms with Crippen LogP contribution in [0.1, 0.15) is 24.0 Å². The summed E-state index contributed by atoms with van der Waals surface area (Å²) < 4.78 is 53.0. The number of nitrogens with zero attached hydrogens (tertiary/aromatic N) is 1. The molecule has 1 atom stereocenters. The Morgan fingerprint density at radius 2 is 1.97 bits per heavy atom. The number of sulfonamides is 1. The maximum absolute atomic E-state index is 13.3. The SMILES string of the molecule is O=S(=O)(c1ccc(F)cc1)N(Cc1cccc(OCCc2ccsc2)c1)CC1CCCO1. The number of halogens is 1. The Morgan fingerprint density at radius 3 is 2.69 bits per heavy atom. The van der Waals surface area contributed by atoms with E-state index in [9.17, 15) is 12.8 Å². The lowest BCUT2D eigenvalue weighted by atomic mass is 10.2. The van der Waals surface area contributed by atoms with Crippen molar-refractivity contribution in [3.8, 4) is 5.75 Å². The van der Waals surface area contributed by atoms with Gasteiger partial charge in [0.2, 0.25) is 10.0 Å². The molecule has 1 aromatic heterocycles. The molecule has 2 heterocycles. The standard InChI is InChI=1S/C24H26FNO4S2/c25-21-6-8-24(9-7-21)32(27,28)26(17-23-5-2-12-29-23)16-20-3-1-4-22(15-20)30-13-10-19-11-14-31-18-19/h1,3-4,6-9,11,14-15,18,23H,2,5,10,12-13,16-17H2. The van der Waals surface area contributed by atoms with Crippen molar-refractivity contribution in [1.29, 1.82) is 0 Å². The Morgan fingerprint density at radius 1 is 1.12 bits per heavy atom. The van der Waals surface area contributed by atoms with E-state index in [1.54, 1.807) is 11.3 Å². The molecule has 32 heavy (non-hydrogen) atoms. The van der Waals surface area contributed by atoms with E-state index < -0.39 is 15.8 Å². The second-order valence-electron chi connectivity index (χ2n) is 7.76. The summed E-state index contributed by atoms with van der Waals surface area (Å²) in [4.78, 5) is 0.0695. The highest BCUT2D eigenvalue weighted by Crippen LogP contribution is 2.24. The van der Waals surface area contributed by atoms with Crippen LogP contribution in [0.4, 0.5) is 4.39 Å². The summed E-state index contributed by atoms with van der Waals surface area (Å²) in [5.74, 6) is 0.232. The van der Waals surface area contributed by atoms with E-state index in [0.717, 1.165) is 24.8 Å². The third-order valence-electron chi connectivity index (χ3n) is 5.38. The first kappa shape index (κ1) is 22.9. The lowest BCUT2D eigenvalue weighted by Crippen LogP contribution is -2.37. The van der Waals surface area contributed by atoms with Crippen molar-refractivity contribution in [2.75, 3.05) is 19.8 Å². The minimum atomic E-state index is -3.82. The van der Waals surface area contributed by atoms with Gasteiger partial charge in [0.15, 0.2) is 0 Å². The minimum Gasteiger partial charge on any atom is -0.493 e. The lowest BCUT2D eigenvalue weighted by molar-refractivity contribution is 0.0926. The molecule has 1 fully saturated rings. The van der Waals surface area contributed by atoms with Crippen molar-refractivity contribution in [3.05, 3.63) is 82.3 Å². The lowest BCUT2D eigenvalue weighted by Gasteiger charge is -2.25. The molecule has 0 radical (unpaired) electrons. The molecule has 2 aromatic carbocycles. The zero-order chi connectivity index (χ0) is 22.4. The van der Waals surface area contributed by atoms with E-state index in [1.165, 1.54) is 34.1 Å². The number of benzene rings is 2. The maximum atomic E-state index is 13.3. The zero-order valence-electron chi connectivity index (χ0n) is 17.7. The molecule has 0 spiro atoms. The highest BCUT2D eigenvalue weighted by molar-refractivity contribution is 7.89. The molecule has 1 aliphatic heterocycles. The Kier molecular flexibility index (Phi) is 7.57. The molecule has 1 aliphatic rings. The molecule has 1 unspecified atom stereocenters. The van der Waals surface area contributed by atoms with Crippen molar-refractivity contribution in [1.82, 2.24) is 4.31 Å². The second kappa shape index (κ2) is 10.6. The van der Waals surface area contributed by atoms with Gasteiger partial charge in [0.1, 0.15) is 11.6 Å². The highest BCUT2D eigenvalue weighted by atomic mass is 32.2. The summed E-state index contributed by atoms with van der Waals surface area (Å²) in [6.07, 6.45) is 2.41. The monoisotopic (exact) mass is 475 g/mol.